The first-order valence-corrected chi connectivity index (χ1v) is 4.45. The summed E-state index contributed by atoms with van der Waals surface area (Å²) < 4.78 is 10.3. The smallest absolute Gasteiger partial charge is 0.250 e. The second kappa shape index (κ2) is 4.06. The number of hydrogen-bond acceptors (Lipinski definition) is 5. The summed E-state index contributed by atoms with van der Waals surface area (Å²) in [6, 6.07) is 1.78. The third-order valence-electron chi connectivity index (χ3n) is 1.83. The molecule has 5 heteroatoms. The van der Waals surface area contributed by atoms with Gasteiger partial charge in [-0.05, 0) is 19.0 Å². The van der Waals surface area contributed by atoms with E-state index in [9.17, 15) is 0 Å². The Balaban J connectivity index is 2.10. The van der Waals surface area contributed by atoms with Gasteiger partial charge in [0.05, 0.1) is 11.8 Å². The molecule has 2 aromatic heterocycles. The van der Waals surface area contributed by atoms with Crippen molar-refractivity contribution in [1.29, 1.82) is 0 Å². The zero-order valence-electron chi connectivity index (χ0n) is 7.64. The molecule has 5 nitrogen and oxygen atoms in total. The summed E-state index contributed by atoms with van der Waals surface area (Å²) in [4.78, 5) is 0. The SMILES string of the molecule is NCCCc1nnc(-c2ccoc2)o1. The Morgan fingerprint density at radius 1 is 1.36 bits per heavy atom. The zero-order valence-corrected chi connectivity index (χ0v) is 7.64. The van der Waals surface area contributed by atoms with Crippen molar-refractivity contribution in [3.05, 3.63) is 24.5 Å². The van der Waals surface area contributed by atoms with Gasteiger partial charge >= 0.3 is 0 Å². The maximum atomic E-state index is 5.39. The van der Waals surface area contributed by atoms with E-state index >= 15 is 0 Å². The summed E-state index contributed by atoms with van der Waals surface area (Å²) in [7, 11) is 0. The second-order valence-corrected chi connectivity index (χ2v) is 2.91. The largest absolute Gasteiger partial charge is 0.472 e. The molecule has 0 atom stereocenters. The molecule has 0 amide bonds. The highest BCUT2D eigenvalue weighted by molar-refractivity contribution is 5.49. The highest BCUT2D eigenvalue weighted by Crippen LogP contribution is 2.17. The Kier molecular flexibility index (Phi) is 2.60. The van der Waals surface area contributed by atoms with Gasteiger partial charge in [-0.15, -0.1) is 10.2 Å². The van der Waals surface area contributed by atoms with E-state index in [2.05, 4.69) is 10.2 Å². The van der Waals surface area contributed by atoms with Gasteiger partial charge in [-0.25, -0.2) is 0 Å². The fraction of sp³-hybridized carbons (Fsp3) is 0.333. The van der Waals surface area contributed by atoms with E-state index in [0.717, 1.165) is 18.4 Å². The molecule has 0 aliphatic rings. The summed E-state index contributed by atoms with van der Waals surface area (Å²) in [5, 5.41) is 7.79. The number of hydrogen-bond donors (Lipinski definition) is 1. The summed E-state index contributed by atoms with van der Waals surface area (Å²) in [5.74, 6) is 1.11. The van der Waals surface area contributed by atoms with E-state index in [4.69, 9.17) is 14.6 Å². The molecule has 0 unspecified atom stereocenters. The van der Waals surface area contributed by atoms with Crippen molar-refractivity contribution in [3.63, 3.8) is 0 Å². The Hall–Kier alpha value is -1.62. The quantitative estimate of drug-likeness (QED) is 0.789. The lowest BCUT2D eigenvalue weighted by Gasteiger charge is -1.89. The predicted octanol–water partition coefficient (Wildman–Crippen LogP) is 1.22. The highest BCUT2D eigenvalue weighted by atomic mass is 16.4. The molecule has 74 valence electrons. The van der Waals surface area contributed by atoms with E-state index in [0.29, 0.717) is 18.3 Å². The van der Waals surface area contributed by atoms with Crippen LogP contribution in [0.4, 0.5) is 0 Å². The molecule has 2 aromatic rings. The lowest BCUT2D eigenvalue weighted by molar-refractivity contribution is 0.497. The van der Waals surface area contributed by atoms with Gasteiger partial charge in [0.25, 0.3) is 5.89 Å². The molecule has 0 fully saturated rings. The van der Waals surface area contributed by atoms with Crippen LogP contribution in [0, 0.1) is 0 Å². The molecule has 0 aliphatic heterocycles. The van der Waals surface area contributed by atoms with Crippen molar-refractivity contribution in [2.75, 3.05) is 6.54 Å². The molecule has 0 aromatic carbocycles. The number of nitrogens with two attached hydrogens (primary N) is 1. The number of furan rings is 1. The molecule has 0 bridgehead atoms. The first-order valence-electron chi connectivity index (χ1n) is 4.45. The third-order valence-corrected chi connectivity index (χ3v) is 1.83. The van der Waals surface area contributed by atoms with Crippen molar-refractivity contribution in [2.45, 2.75) is 12.8 Å². The van der Waals surface area contributed by atoms with Gasteiger partial charge in [0.1, 0.15) is 6.26 Å². The monoisotopic (exact) mass is 193 g/mol. The lowest BCUT2D eigenvalue weighted by atomic mass is 10.3. The molecule has 0 spiro atoms. The molecule has 0 saturated heterocycles. The maximum absolute atomic E-state index is 5.39. The second-order valence-electron chi connectivity index (χ2n) is 2.91. The minimum absolute atomic E-state index is 0.491. The predicted molar refractivity (Wildman–Crippen MR) is 49.4 cm³/mol. The Labute approximate surface area is 80.9 Å². The molecule has 14 heavy (non-hydrogen) atoms. The molecular weight excluding hydrogens is 182 g/mol. The van der Waals surface area contributed by atoms with Crippen LogP contribution in [-0.2, 0) is 6.42 Å². The van der Waals surface area contributed by atoms with Crippen LogP contribution in [0.25, 0.3) is 11.5 Å². The molecular formula is C9H11N3O2. The van der Waals surface area contributed by atoms with Gasteiger partial charge in [0.15, 0.2) is 0 Å². The van der Waals surface area contributed by atoms with Gasteiger partial charge in [-0.3, -0.25) is 0 Å². The Bertz CT molecular complexity index is 380. The van der Waals surface area contributed by atoms with Gasteiger partial charge < -0.3 is 14.6 Å². The topological polar surface area (TPSA) is 78.1 Å². The van der Waals surface area contributed by atoms with Gasteiger partial charge in [0.2, 0.25) is 5.89 Å². The van der Waals surface area contributed by atoms with Crippen molar-refractivity contribution in [2.24, 2.45) is 5.73 Å². The third kappa shape index (κ3) is 1.82. The van der Waals surface area contributed by atoms with Crippen LogP contribution < -0.4 is 5.73 Å². The van der Waals surface area contributed by atoms with E-state index in [-0.39, 0.29) is 0 Å². The summed E-state index contributed by atoms with van der Waals surface area (Å²) >= 11 is 0. The van der Waals surface area contributed by atoms with Crippen molar-refractivity contribution >= 4 is 0 Å². The molecule has 2 N–H and O–H groups in total. The fourth-order valence-corrected chi connectivity index (χ4v) is 1.11. The molecule has 0 aliphatic carbocycles. The Morgan fingerprint density at radius 2 is 2.29 bits per heavy atom. The number of nitrogens with zero attached hydrogens (tertiary/aromatic N) is 2. The van der Waals surface area contributed by atoms with Crippen LogP contribution in [0.3, 0.4) is 0 Å². The number of rotatable bonds is 4. The average molecular weight is 193 g/mol. The average Bonchev–Trinajstić information content (AvgIpc) is 2.85. The highest BCUT2D eigenvalue weighted by Gasteiger charge is 2.08. The molecule has 0 radical (unpaired) electrons. The van der Waals surface area contributed by atoms with Gasteiger partial charge in [-0.1, -0.05) is 0 Å². The first-order chi connectivity index (χ1) is 6.90. The zero-order chi connectivity index (χ0) is 9.80. The standard InChI is InChI=1S/C9H11N3O2/c10-4-1-2-8-11-12-9(14-8)7-3-5-13-6-7/h3,5-6H,1-2,4,10H2. The first kappa shape index (κ1) is 8.96. The van der Waals surface area contributed by atoms with Crippen LogP contribution in [0.2, 0.25) is 0 Å². The summed E-state index contributed by atoms with van der Waals surface area (Å²) in [6.07, 6.45) is 4.72. The lowest BCUT2D eigenvalue weighted by Crippen LogP contribution is -2.00. The van der Waals surface area contributed by atoms with Gasteiger partial charge in [-0.2, -0.15) is 0 Å². The van der Waals surface area contributed by atoms with E-state index in [1.54, 1.807) is 18.6 Å². The van der Waals surface area contributed by atoms with Crippen LogP contribution in [0.5, 0.6) is 0 Å². The van der Waals surface area contributed by atoms with Crippen molar-refractivity contribution in [1.82, 2.24) is 10.2 Å². The normalized spacial score (nSPS) is 10.6. The minimum Gasteiger partial charge on any atom is -0.472 e. The molecule has 2 heterocycles. The van der Waals surface area contributed by atoms with Crippen LogP contribution in [0.15, 0.2) is 27.4 Å². The molecule has 0 saturated carbocycles. The van der Waals surface area contributed by atoms with Crippen LogP contribution >= 0.6 is 0 Å². The maximum Gasteiger partial charge on any atom is 0.250 e. The van der Waals surface area contributed by atoms with E-state index in [1.807, 2.05) is 0 Å². The van der Waals surface area contributed by atoms with Crippen molar-refractivity contribution < 1.29 is 8.83 Å². The molecule has 2 rings (SSSR count). The number of aromatic nitrogens is 2. The minimum atomic E-state index is 0.491. The number of aryl methyl sites for hydroxylation is 1. The summed E-state index contributed by atoms with van der Waals surface area (Å²) in [6.45, 7) is 0.628. The van der Waals surface area contributed by atoms with Gasteiger partial charge in [0, 0.05) is 6.42 Å². The van der Waals surface area contributed by atoms with E-state index in [1.165, 1.54) is 0 Å². The van der Waals surface area contributed by atoms with Crippen LogP contribution in [-0.4, -0.2) is 16.7 Å². The van der Waals surface area contributed by atoms with Crippen LogP contribution in [0.1, 0.15) is 12.3 Å². The van der Waals surface area contributed by atoms with E-state index < -0.39 is 0 Å². The summed E-state index contributed by atoms with van der Waals surface area (Å²) in [5.41, 5.74) is 6.18. The fourth-order valence-electron chi connectivity index (χ4n) is 1.11. The van der Waals surface area contributed by atoms with Crippen molar-refractivity contribution in [3.8, 4) is 11.5 Å². The Morgan fingerprint density at radius 3 is 3.00 bits per heavy atom.